The van der Waals surface area contributed by atoms with Crippen LogP contribution in [0.3, 0.4) is 0 Å². The fourth-order valence-corrected chi connectivity index (χ4v) is 2.46. The fraction of sp³-hybridized carbons (Fsp3) is 0.462. The number of nitrogen functional groups attached to an aromatic ring is 1. The minimum absolute atomic E-state index is 0.347. The summed E-state index contributed by atoms with van der Waals surface area (Å²) in [4.78, 5) is 13.1. The zero-order chi connectivity index (χ0) is 12.5. The van der Waals surface area contributed by atoms with Gasteiger partial charge in [0.1, 0.15) is 11.6 Å². The molecular weight excluding hydrogens is 226 g/mol. The van der Waals surface area contributed by atoms with Gasteiger partial charge in [-0.1, -0.05) is 6.42 Å². The van der Waals surface area contributed by atoms with E-state index in [0.717, 1.165) is 24.0 Å². The molecule has 0 radical (unpaired) electrons. The monoisotopic (exact) mass is 243 g/mol. The Labute approximate surface area is 106 Å². The van der Waals surface area contributed by atoms with Gasteiger partial charge >= 0.3 is 0 Å². The highest BCUT2D eigenvalue weighted by Crippen LogP contribution is 2.24. The molecule has 2 aromatic rings. The molecule has 0 saturated carbocycles. The lowest BCUT2D eigenvalue weighted by Gasteiger charge is -2.23. The summed E-state index contributed by atoms with van der Waals surface area (Å²) >= 11 is 0. The van der Waals surface area contributed by atoms with E-state index in [1.54, 1.807) is 0 Å². The predicted molar refractivity (Wildman–Crippen MR) is 71.1 cm³/mol. The van der Waals surface area contributed by atoms with Crippen molar-refractivity contribution in [2.45, 2.75) is 32.2 Å². The lowest BCUT2D eigenvalue weighted by molar-refractivity contribution is 0.406. The summed E-state index contributed by atoms with van der Waals surface area (Å²) in [5, 5.41) is 4.33. The Morgan fingerprint density at radius 1 is 1.22 bits per heavy atom. The Kier molecular flexibility index (Phi) is 2.83. The summed E-state index contributed by atoms with van der Waals surface area (Å²) in [5.41, 5.74) is 7.63. The van der Waals surface area contributed by atoms with Crippen molar-refractivity contribution in [1.82, 2.24) is 20.3 Å². The smallest absolute Gasteiger partial charge is 0.165 e. The summed E-state index contributed by atoms with van der Waals surface area (Å²) in [6, 6.07) is 4.35. The lowest BCUT2D eigenvalue weighted by Crippen LogP contribution is -2.27. The van der Waals surface area contributed by atoms with Crippen molar-refractivity contribution in [2.75, 3.05) is 12.3 Å². The highest BCUT2D eigenvalue weighted by atomic mass is 15.0. The second-order valence-corrected chi connectivity index (χ2v) is 4.77. The van der Waals surface area contributed by atoms with Crippen LogP contribution < -0.4 is 11.1 Å². The minimum atomic E-state index is 0.347. The first-order valence-corrected chi connectivity index (χ1v) is 6.38. The van der Waals surface area contributed by atoms with Crippen LogP contribution in [0.4, 0.5) is 5.82 Å². The standard InChI is InChI=1S/C13H17N5/c1-8-16-12(14)9-5-6-11(18-13(9)17-8)10-4-2-3-7-15-10/h5-6,10,15H,2-4,7H2,1H3,(H2,14,16,17,18)/t10-/m1/s1. The van der Waals surface area contributed by atoms with Gasteiger partial charge in [0.15, 0.2) is 5.65 Å². The van der Waals surface area contributed by atoms with Crippen LogP contribution in [0.15, 0.2) is 12.1 Å². The van der Waals surface area contributed by atoms with E-state index in [1.807, 2.05) is 19.1 Å². The molecule has 1 saturated heterocycles. The summed E-state index contributed by atoms with van der Waals surface area (Å²) < 4.78 is 0. The summed E-state index contributed by atoms with van der Waals surface area (Å²) in [7, 11) is 0. The normalized spacial score (nSPS) is 20.2. The Morgan fingerprint density at radius 2 is 2.11 bits per heavy atom. The first-order valence-electron chi connectivity index (χ1n) is 6.38. The number of anilines is 1. The molecule has 0 spiro atoms. The second kappa shape index (κ2) is 4.49. The van der Waals surface area contributed by atoms with Crippen LogP contribution in [-0.2, 0) is 0 Å². The van der Waals surface area contributed by atoms with Crippen molar-refractivity contribution >= 4 is 16.9 Å². The van der Waals surface area contributed by atoms with Crippen molar-refractivity contribution in [2.24, 2.45) is 0 Å². The van der Waals surface area contributed by atoms with Crippen LogP contribution in [0.5, 0.6) is 0 Å². The van der Waals surface area contributed by atoms with Gasteiger partial charge in [0.05, 0.1) is 11.1 Å². The van der Waals surface area contributed by atoms with E-state index in [4.69, 9.17) is 5.73 Å². The van der Waals surface area contributed by atoms with Crippen molar-refractivity contribution in [3.05, 3.63) is 23.7 Å². The van der Waals surface area contributed by atoms with Gasteiger partial charge in [0.2, 0.25) is 0 Å². The second-order valence-electron chi connectivity index (χ2n) is 4.77. The van der Waals surface area contributed by atoms with Crippen LogP contribution in [0, 0.1) is 6.92 Å². The molecule has 0 aliphatic carbocycles. The molecule has 1 fully saturated rings. The maximum absolute atomic E-state index is 5.88. The summed E-state index contributed by atoms with van der Waals surface area (Å²) in [6.45, 7) is 2.90. The molecule has 0 amide bonds. The number of nitrogens with one attached hydrogen (secondary N) is 1. The molecule has 5 heteroatoms. The number of fused-ring (bicyclic) bond motifs is 1. The highest BCUT2D eigenvalue weighted by Gasteiger charge is 2.16. The van der Waals surface area contributed by atoms with Gasteiger partial charge in [-0.05, 0) is 38.4 Å². The fourth-order valence-electron chi connectivity index (χ4n) is 2.46. The lowest BCUT2D eigenvalue weighted by atomic mass is 10.0. The van der Waals surface area contributed by atoms with E-state index < -0.39 is 0 Å². The highest BCUT2D eigenvalue weighted by molar-refractivity contribution is 5.85. The molecule has 5 nitrogen and oxygen atoms in total. The van der Waals surface area contributed by atoms with Gasteiger partial charge in [0, 0.05) is 6.04 Å². The number of piperidine rings is 1. The average Bonchev–Trinajstić information content (AvgIpc) is 2.39. The van der Waals surface area contributed by atoms with E-state index in [-0.39, 0.29) is 0 Å². The molecule has 0 aromatic carbocycles. The van der Waals surface area contributed by atoms with Crippen LogP contribution in [0.1, 0.15) is 36.8 Å². The first kappa shape index (κ1) is 11.3. The van der Waals surface area contributed by atoms with Crippen LogP contribution in [-0.4, -0.2) is 21.5 Å². The minimum Gasteiger partial charge on any atom is -0.383 e. The van der Waals surface area contributed by atoms with Crippen molar-refractivity contribution in [3.63, 3.8) is 0 Å². The molecule has 1 aliphatic heterocycles. The molecule has 3 rings (SSSR count). The Hall–Kier alpha value is -1.75. The van der Waals surface area contributed by atoms with E-state index in [0.29, 0.717) is 23.3 Å². The molecule has 1 atom stereocenters. The Balaban J connectivity index is 2.04. The number of hydrogen-bond acceptors (Lipinski definition) is 5. The van der Waals surface area contributed by atoms with Crippen LogP contribution in [0.25, 0.3) is 11.0 Å². The van der Waals surface area contributed by atoms with Gasteiger partial charge in [-0.15, -0.1) is 0 Å². The summed E-state index contributed by atoms with van der Waals surface area (Å²) in [6.07, 6.45) is 3.64. The molecule has 0 bridgehead atoms. The van der Waals surface area contributed by atoms with Gasteiger partial charge in [-0.2, -0.15) is 0 Å². The van der Waals surface area contributed by atoms with Crippen LogP contribution in [0.2, 0.25) is 0 Å². The van der Waals surface area contributed by atoms with Gasteiger partial charge in [-0.3, -0.25) is 0 Å². The number of pyridine rings is 1. The third kappa shape index (κ3) is 2.01. The van der Waals surface area contributed by atoms with Crippen LogP contribution >= 0.6 is 0 Å². The molecule has 94 valence electrons. The number of nitrogens with zero attached hydrogens (tertiary/aromatic N) is 3. The molecule has 3 heterocycles. The van der Waals surface area contributed by atoms with Gasteiger partial charge in [0.25, 0.3) is 0 Å². The van der Waals surface area contributed by atoms with E-state index in [1.165, 1.54) is 12.8 Å². The molecular formula is C13H17N5. The Morgan fingerprint density at radius 3 is 2.89 bits per heavy atom. The predicted octanol–water partition coefficient (Wildman–Crippen LogP) is 1.73. The maximum atomic E-state index is 5.88. The third-order valence-electron chi connectivity index (χ3n) is 3.39. The number of aromatic nitrogens is 3. The quantitative estimate of drug-likeness (QED) is 0.797. The van der Waals surface area contributed by atoms with Crippen molar-refractivity contribution in [1.29, 1.82) is 0 Å². The number of aryl methyl sites for hydroxylation is 1. The molecule has 3 N–H and O–H groups in total. The number of rotatable bonds is 1. The first-order chi connectivity index (χ1) is 8.74. The largest absolute Gasteiger partial charge is 0.383 e. The summed E-state index contributed by atoms with van der Waals surface area (Å²) in [5.74, 6) is 1.18. The molecule has 2 aromatic heterocycles. The third-order valence-corrected chi connectivity index (χ3v) is 3.39. The Bertz CT molecular complexity index is 575. The molecule has 0 unspecified atom stereocenters. The molecule has 1 aliphatic rings. The van der Waals surface area contributed by atoms with Crippen molar-refractivity contribution in [3.8, 4) is 0 Å². The molecule has 18 heavy (non-hydrogen) atoms. The van der Waals surface area contributed by atoms with Crippen molar-refractivity contribution < 1.29 is 0 Å². The van der Waals surface area contributed by atoms with Gasteiger partial charge in [-0.25, -0.2) is 15.0 Å². The maximum Gasteiger partial charge on any atom is 0.165 e. The van der Waals surface area contributed by atoms with Gasteiger partial charge < -0.3 is 11.1 Å². The number of nitrogens with two attached hydrogens (primary N) is 1. The zero-order valence-corrected chi connectivity index (χ0v) is 10.5. The van der Waals surface area contributed by atoms with E-state index in [2.05, 4.69) is 20.3 Å². The SMILES string of the molecule is Cc1nc(N)c2ccc([C@H]3CCCCN3)nc2n1. The number of hydrogen-bond donors (Lipinski definition) is 2. The van der Waals surface area contributed by atoms with E-state index >= 15 is 0 Å². The average molecular weight is 243 g/mol. The van der Waals surface area contributed by atoms with E-state index in [9.17, 15) is 0 Å². The topological polar surface area (TPSA) is 76.7 Å². The zero-order valence-electron chi connectivity index (χ0n) is 10.5.